The predicted molar refractivity (Wildman–Crippen MR) is 85.3 cm³/mol. The lowest BCUT2D eigenvalue weighted by Crippen LogP contribution is -2.48. The highest BCUT2D eigenvalue weighted by Crippen LogP contribution is 2.32. The molecule has 0 radical (unpaired) electrons. The largest absolute Gasteiger partial charge is 0.477 e. The van der Waals surface area contributed by atoms with E-state index in [2.05, 4.69) is 4.98 Å². The summed E-state index contributed by atoms with van der Waals surface area (Å²) in [5, 5.41) is 0. The van der Waals surface area contributed by atoms with Gasteiger partial charge in [-0.1, -0.05) is 0 Å². The van der Waals surface area contributed by atoms with Crippen LogP contribution in [0.15, 0.2) is 12.1 Å². The summed E-state index contributed by atoms with van der Waals surface area (Å²) in [5.74, 6) is 0.391. The molecule has 2 fully saturated rings. The number of aromatic nitrogens is 1. The average Bonchev–Trinajstić information content (AvgIpc) is 2.82. The van der Waals surface area contributed by atoms with E-state index in [1.165, 1.54) is 0 Å². The van der Waals surface area contributed by atoms with Crippen molar-refractivity contribution in [3.63, 3.8) is 0 Å². The maximum absolute atomic E-state index is 13.0. The molecule has 1 aromatic heterocycles. The van der Waals surface area contributed by atoms with Gasteiger partial charge in [-0.15, -0.1) is 0 Å². The fourth-order valence-electron chi connectivity index (χ4n) is 3.57. The second kappa shape index (κ2) is 6.18. The molecule has 0 aliphatic carbocycles. The third-order valence-corrected chi connectivity index (χ3v) is 4.71. The molecule has 2 atom stereocenters. The molecule has 124 valence electrons. The van der Waals surface area contributed by atoms with Crippen molar-refractivity contribution in [1.82, 2.24) is 14.8 Å². The van der Waals surface area contributed by atoms with Crippen LogP contribution in [-0.4, -0.2) is 59.4 Å². The Morgan fingerprint density at radius 1 is 1.43 bits per heavy atom. The molecular weight excluding hydrogens is 294 g/mol. The first-order chi connectivity index (χ1) is 11.0. The number of nitrogens with zero attached hydrogens (tertiary/aromatic N) is 3. The minimum atomic E-state index is -0.0845. The molecule has 2 amide bonds. The zero-order valence-electron chi connectivity index (χ0n) is 13.9. The lowest BCUT2D eigenvalue weighted by Gasteiger charge is -2.36. The van der Waals surface area contributed by atoms with E-state index in [0.29, 0.717) is 31.1 Å². The highest BCUT2D eigenvalue weighted by atomic mass is 16.5. The molecule has 0 aromatic carbocycles. The molecule has 3 rings (SSSR count). The van der Waals surface area contributed by atoms with Crippen molar-refractivity contribution < 1.29 is 14.3 Å². The van der Waals surface area contributed by atoms with Gasteiger partial charge in [-0.05, 0) is 38.8 Å². The van der Waals surface area contributed by atoms with Gasteiger partial charge >= 0.3 is 0 Å². The number of carbonyl (C=O) groups excluding carboxylic acids is 2. The predicted octanol–water partition coefficient (Wildman–Crippen LogP) is 1.48. The van der Waals surface area contributed by atoms with Crippen LogP contribution in [0.25, 0.3) is 0 Å². The van der Waals surface area contributed by atoms with Crippen molar-refractivity contribution >= 4 is 11.8 Å². The number of hydrogen-bond acceptors (Lipinski definition) is 4. The zero-order chi connectivity index (χ0) is 16.6. The Labute approximate surface area is 136 Å². The Balaban J connectivity index is 1.89. The van der Waals surface area contributed by atoms with Crippen molar-refractivity contribution in [1.29, 1.82) is 0 Å². The van der Waals surface area contributed by atoms with Gasteiger partial charge in [0.1, 0.15) is 5.56 Å². The zero-order valence-corrected chi connectivity index (χ0v) is 13.9. The number of pyridine rings is 1. The molecule has 6 nitrogen and oxygen atoms in total. The number of aryl methyl sites for hydroxylation is 1. The van der Waals surface area contributed by atoms with Gasteiger partial charge in [0.15, 0.2) is 0 Å². The van der Waals surface area contributed by atoms with E-state index >= 15 is 0 Å². The standard InChI is InChI=1S/C17H23N3O3/c1-4-23-15-13(8-7-11(2)18-15)17(22)20-9-5-6-12-14(20)10-19(3)16(12)21/h7-8,12,14H,4-6,9-10H2,1-3H3/t12-,14-/m1/s1. The van der Waals surface area contributed by atoms with Crippen LogP contribution >= 0.6 is 0 Å². The number of fused-ring (bicyclic) bond motifs is 1. The quantitative estimate of drug-likeness (QED) is 0.847. The van der Waals surface area contributed by atoms with Crippen LogP contribution in [0, 0.1) is 12.8 Å². The Kier molecular flexibility index (Phi) is 4.24. The summed E-state index contributed by atoms with van der Waals surface area (Å²) in [6.07, 6.45) is 1.72. The first-order valence-corrected chi connectivity index (χ1v) is 8.19. The number of carbonyl (C=O) groups is 2. The Morgan fingerprint density at radius 3 is 2.96 bits per heavy atom. The monoisotopic (exact) mass is 317 g/mol. The van der Waals surface area contributed by atoms with Gasteiger partial charge in [-0.3, -0.25) is 9.59 Å². The van der Waals surface area contributed by atoms with Gasteiger partial charge < -0.3 is 14.5 Å². The van der Waals surface area contributed by atoms with Gasteiger partial charge in [0.25, 0.3) is 5.91 Å². The van der Waals surface area contributed by atoms with Crippen LogP contribution in [0.3, 0.4) is 0 Å². The SMILES string of the molecule is CCOc1nc(C)ccc1C(=O)N1CCC[C@H]2C(=O)N(C)C[C@H]21. The average molecular weight is 317 g/mol. The van der Waals surface area contributed by atoms with Crippen LogP contribution in [-0.2, 0) is 4.79 Å². The summed E-state index contributed by atoms with van der Waals surface area (Å²) in [5.41, 5.74) is 1.30. The summed E-state index contributed by atoms with van der Waals surface area (Å²) < 4.78 is 5.55. The van der Waals surface area contributed by atoms with Gasteiger partial charge in [-0.25, -0.2) is 4.98 Å². The third kappa shape index (κ3) is 2.78. The van der Waals surface area contributed by atoms with Gasteiger partial charge in [-0.2, -0.15) is 0 Å². The van der Waals surface area contributed by atoms with Crippen LogP contribution in [0.1, 0.15) is 35.8 Å². The van der Waals surface area contributed by atoms with Crippen molar-refractivity contribution in [2.45, 2.75) is 32.7 Å². The molecule has 0 unspecified atom stereocenters. The summed E-state index contributed by atoms with van der Waals surface area (Å²) in [7, 11) is 1.81. The van der Waals surface area contributed by atoms with Gasteiger partial charge in [0.05, 0.1) is 18.6 Å². The number of rotatable bonds is 3. The molecule has 0 spiro atoms. The van der Waals surface area contributed by atoms with E-state index in [9.17, 15) is 9.59 Å². The Hall–Kier alpha value is -2.11. The summed E-state index contributed by atoms with van der Waals surface area (Å²) in [4.78, 5) is 33.2. The molecule has 0 bridgehead atoms. The van der Waals surface area contributed by atoms with E-state index in [4.69, 9.17) is 4.74 Å². The summed E-state index contributed by atoms with van der Waals surface area (Å²) in [6, 6.07) is 3.56. The second-order valence-electron chi connectivity index (χ2n) is 6.27. The van der Waals surface area contributed by atoms with Crippen LogP contribution < -0.4 is 4.74 Å². The van der Waals surface area contributed by atoms with E-state index in [-0.39, 0.29) is 23.8 Å². The number of piperidine rings is 1. The molecule has 0 N–H and O–H groups in total. The normalized spacial score (nSPS) is 23.9. The second-order valence-corrected chi connectivity index (χ2v) is 6.27. The molecule has 2 aliphatic heterocycles. The molecule has 2 aliphatic rings. The first-order valence-electron chi connectivity index (χ1n) is 8.19. The highest BCUT2D eigenvalue weighted by molar-refractivity contribution is 5.97. The lowest BCUT2D eigenvalue weighted by atomic mass is 9.91. The van der Waals surface area contributed by atoms with E-state index < -0.39 is 0 Å². The van der Waals surface area contributed by atoms with Crippen molar-refractivity contribution in [2.75, 3.05) is 26.7 Å². The minimum Gasteiger partial charge on any atom is -0.477 e. The lowest BCUT2D eigenvalue weighted by molar-refractivity contribution is -0.130. The van der Waals surface area contributed by atoms with E-state index in [1.54, 1.807) is 11.0 Å². The van der Waals surface area contributed by atoms with Gasteiger partial charge in [0, 0.05) is 25.8 Å². The fraction of sp³-hybridized carbons (Fsp3) is 0.588. The van der Waals surface area contributed by atoms with Crippen LogP contribution in [0.4, 0.5) is 0 Å². The smallest absolute Gasteiger partial charge is 0.259 e. The maximum atomic E-state index is 13.0. The minimum absolute atomic E-state index is 0.0375. The number of likely N-dealkylation sites (N-methyl/N-ethyl adjacent to an activating group) is 1. The van der Waals surface area contributed by atoms with E-state index in [0.717, 1.165) is 18.5 Å². The van der Waals surface area contributed by atoms with Crippen molar-refractivity contribution in [3.05, 3.63) is 23.4 Å². The molecule has 6 heteroatoms. The highest BCUT2D eigenvalue weighted by Gasteiger charge is 2.45. The Bertz CT molecular complexity index is 632. The Morgan fingerprint density at radius 2 is 2.22 bits per heavy atom. The number of likely N-dealkylation sites (tertiary alicyclic amines) is 2. The van der Waals surface area contributed by atoms with Crippen LogP contribution in [0.2, 0.25) is 0 Å². The van der Waals surface area contributed by atoms with Crippen molar-refractivity contribution in [3.8, 4) is 5.88 Å². The molecule has 0 saturated carbocycles. The topological polar surface area (TPSA) is 62.7 Å². The summed E-state index contributed by atoms with van der Waals surface area (Å²) in [6.45, 7) is 5.50. The number of ether oxygens (including phenoxy) is 1. The number of hydrogen-bond donors (Lipinski definition) is 0. The molecular formula is C17H23N3O3. The van der Waals surface area contributed by atoms with E-state index in [1.807, 2.05) is 31.9 Å². The van der Waals surface area contributed by atoms with Crippen molar-refractivity contribution in [2.24, 2.45) is 5.92 Å². The fourth-order valence-corrected chi connectivity index (χ4v) is 3.57. The summed E-state index contributed by atoms with van der Waals surface area (Å²) >= 11 is 0. The van der Waals surface area contributed by atoms with Crippen LogP contribution in [0.5, 0.6) is 5.88 Å². The third-order valence-electron chi connectivity index (χ3n) is 4.71. The molecule has 2 saturated heterocycles. The van der Waals surface area contributed by atoms with Gasteiger partial charge in [0.2, 0.25) is 11.8 Å². The molecule has 3 heterocycles. The first kappa shape index (κ1) is 15.8. The maximum Gasteiger partial charge on any atom is 0.259 e. The number of amides is 2. The molecule has 1 aromatic rings. The molecule has 23 heavy (non-hydrogen) atoms.